The highest BCUT2D eigenvalue weighted by molar-refractivity contribution is 8.00. The van der Waals surface area contributed by atoms with Crippen molar-refractivity contribution in [1.29, 1.82) is 5.26 Å². The van der Waals surface area contributed by atoms with Crippen molar-refractivity contribution in [2.45, 2.75) is 37.5 Å². The van der Waals surface area contributed by atoms with Gasteiger partial charge in [0.1, 0.15) is 11.1 Å². The molecule has 8 nitrogen and oxygen atoms in total. The number of carbonyl (C=O) groups excluding carboxylic acids is 4. The molecule has 0 bridgehead atoms. The molecular weight excluding hydrogens is 526 g/mol. The molecule has 1 fully saturated rings. The second-order valence-corrected chi connectivity index (χ2v) is 10.3. The highest BCUT2D eigenvalue weighted by atomic mass is 35.5. The number of pyridine rings is 1. The lowest BCUT2D eigenvalue weighted by Gasteiger charge is -2.16. The summed E-state index contributed by atoms with van der Waals surface area (Å²) in [4.78, 5) is 56.1. The lowest BCUT2D eigenvalue weighted by atomic mass is 10.1. The summed E-state index contributed by atoms with van der Waals surface area (Å²) < 4.78 is 5.11. The summed E-state index contributed by atoms with van der Waals surface area (Å²) in [6, 6.07) is 14.2. The smallest absolute Gasteiger partial charge is 0.338 e. The van der Waals surface area contributed by atoms with E-state index in [2.05, 4.69) is 11.1 Å². The fourth-order valence-corrected chi connectivity index (χ4v) is 5.24. The third kappa shape index (κ3) is 5.47. The lowest BCUT2D eigenvalue weighted by molar-refractivity contribution is -0.121. The number of aromatic nitrogens is 1. The van der Waals surface area contributed by atoms with Gasteiger partial charge < -0.3 is 4.74 Å². The fraction of sp³-hybridized carbons (Fsp3) is 0.214. The van der Waals surface area contributed by atoms with E-state index in [1.807, 2.05) is 20.8 Å². The molecule has 3 aromatic rings. The molecule has 2 heterocycles. The molecule has 2 aromatic carbocycles. The zero-order chi connectivity index (χ0) is 27.6. The van der Waals surface area contributed by atoms with Crippen LogP contribution in [0, 0.1) is 32.1 Å². The van der Waals surface area contributed by atoms with Gasteiger partial charge in [-0.25, -0.2) is 14.7 Å². The van der Waals surface area contributed by atoms with Crippen LogP contribution in [-0.2, 0) is 14.3 Å². The molecule has 0 aliphatic carbocycles. The average molecular weight is 548 g/mol. The maximum Gasteiger partial charge on any atom is 0.338 e. The summed E-state index contributed by atoms with van der Waals surface area (Å²) in [5.41, 5.74) is 3.70. The van der Waals surface area contributed by atoms with Crippen LogP contribution in [0.15, 0.2) is 53.6 Å². The number of Topliss-reactive ketones (excluding diaryl/α,β-unsaturated/α-hetero) is 1. The maximum absolute atomic E-state index is 13.1. The summed E-state index contributed by atoms with van der Waals surface area (Å²) in [6.45, 7) is 5.11. The van der Waals surface area contributed by atoms with Crippen LogP contribution in [0.25, 0.3) is 0 Å². The van der Waals surface area contributed by atoms with Crippen LogP contribution in [0.3, 0.4) is 0 Å². The Morgan fingerprint density at radius 2 is 1.68 bits per heavy atom. The fourth-order valence-electron chi connectivity index (χ4n) is 3.91. The lowest BCUT2D eigenvalue weighted by Crippen LogP contribution is -2.31. The van der Waals surface area contributed by atoms with E-state index in [-0.39, 0.29) is 17.8 Å². The standard InChI is InChI=1S/C28H22ClN3O5S/c1-15-16(2)22(13-30)26(31-17(15)3)38-24-12-25(34)32(27(24)35)21-10-6-19(7-11-21)28(36)37-14-23(33)18-4-8-20(29)9-5-18/h4-11,24H,12,14H2,1-3H3. The van der Waals surface area contributed by atoms with Crippen LogP contribution in [0.4, 0.5) is 5.69 Å². The summed E-state index contributed by atoms with van der Waals surface area (Å²) in [5.74, 6) is -1.91. The topological polar surface area (TPSA) is 117 Å². The zero-order valence-corrected chi connectivity index (χ0v) is 22.4. The number of aryl methyl sites for hydroxylation is 1. The highest BCUT2D eigenvalue weighted by Gasteiger charge is 2.41. The second-order valence-electron chi connectivity index (χ2n) is 8.67. The molecule has 1 aromatic heterocycles. The first-order valence-electron chi connectivity index (χ1n) is 11.6. The molecular formula is C28H22ClN3O5S. The second kappa shape index (κ2) is 11.2. The van der Waals surface area contributed by atoms with Gasteiger partial charge in [0.2, 0.25) is 11.8 Å². The Kier molecular flexibility index (Phi) is 7.95. The number of nitriles is 1. The number of halogens is 1. The number of ketones is 1. The molecule has 1 aliphatic heterocycles. The molecule has 192 valence electrons. The van der Waals surface area contributed by atoms with Gasteiger partial charge >= 0.3 is 5.97 Å². The molecule has 38 heavy (non-hydrogen) atoms. The minimum absolute atomic E-state index is 0.0430. The van der Waals surface area contributed by atoms with Gasteiger partial charge in [0.25, 0.3) is 0 Å². The van der Waals surface area contributed by atoms with Gasteiger partial charge in [-0.1, -0.05) is 23.4 Å². The van der Waals surface area contributed by atoms with Gasteiger partial charge in [-0.15, -0.1) is 0 Å². The van der Waals surface area contributed by atoms with Crippen molar-refractivity contribution in [1.82, 2.24) is 4.98 Å². The number of amides is 2. The van der Waals surface area contributed by atoms with Gasteiger partial charge in [-0.2, -0.15) is 5.26 Å². The molecule has 10 heteroatoms. The molecule has 1 atom stereocenters. The predicted molar refractivity (Wildman–Crippen MR) is 142 cm³/mol. The SMILES string of the molecule is Cc1nc(SC2CC(=O)N(c3ccc(C(=O)OCC(=O)c4ccc(Cl)cc4)cc3)C2=O)c(C#N)c(C)c1C. The highest BCUT2D eigenvalue weighted by Crippen LogP contribution is 2.36. The predicted octanol–water partition coefficient (Wildman–Crippen LogP) is 5.00. The largest absolute Gasteiger partial charge is 0.454 e. The van der Waals surface area contributed by atoms with Gasteiger partial charge in [-0.3, -0.25) is 14.4 Å². The zero-order valence-electron chi connectivity index (χ0n) is 20.8. The molecule has 1 aliphatic rings. The minimum atomic E-state index is -0.730. The Balaban J connectivity index is 1.43. The van der Waals surface area contributed by atoms with E-state index in [9.17, 15) is 24.4 Å². The number of hydrogen-bond donors (Lipinski definition) is 0. The first-order chi connectivity index (χ1) is 18.1. The summed E-state index contributed by atoms with van der Waals surface area (Å²) in [7, 11) is 0. The van der Waals surface area contributed by atoms with Crippen molar-refractivity contribution in [3.8, 4) is 6.07 Å². The van der Waals surface area contributed by atoms with Gasteiger partial charge in [0.05, 0.1) is 22.1 Å². The monoisotopic (exact) mass is 547 g/mol. The first-order valence-corrected chi connectivity index (χ1v) is 12.8. The minimum Gasteiger partial charge on any atom is -0.454 e. The first kappa shape index (κ1) is 27.0. The number of imide groups is 1. The number of thioether (sulfide) groups is 1. The summed E-state index contributed by atoms with van der Waals surface area (Å²) >= 11 is 6.92. The maximum atomic E-state index is 13.1. The van der Waals surface area contributed by atoms with Crippen molar-refractivity contribution >= 4 is 52.6 Å². The Morgan fingerprint density at radius 3 is 2.32 bits per heavy atom. The van der Waals surface area contributed by atoms with Crippen molar-refractivity contribution in [2.75, 3.05) is 11.5 Å². The summed E-state index contributed by atoms with van der Waals surface area (Å²) in [6.07, 6.45) is -0.0430. The average Bonchev–Trinajstić information content (AvgIpc) is 3.18. The van der Waals surface area contributed by atoms with E-state index in [0.29, 0.717) is 26.9 Å². The number of esters is 1. The number of hydrogen-bond acceptors (Lipinski definition) is 8. The van der Waals surface area contributed by atoms with E-state index in [1.54, 1.807) is 24.3 Å². The van der Waals surface area contributed by atoms with Crippen LogP contribution in [0.2, 0.25) is 5.02 Å². The van der Waals surface area contributed by atoms with Gasteiger partial charge in [0, 0.05) is 22.7 Å². The molecule has 1 saturated heterocycles. The number of ether oxygens (including phenoxy) is 1. The third-order valence-corrected chi connectivity index (χ3v) is 7.72. The Morgan fingerprint density at radius 1 is 1.05 bits per heavy atom. The van der Waals surface area contributed by atoms with E-state index >= 15 is 0 Å². The third-order valence-electron chi connectivity index (χ3n) is 6.30. The molecule has 4 rings (SSSR count). The summed E-state index contributed by atoms with van der Waals surface area (Å²) in [5, 5.41) is 9.80. The number of benzene rings is 2. The Hall–Kier alpha value is -4.00. The van der Waals surface area contributed by atoms with Crippen LogP contribution >= 0.6 is 23.4 Å². The van der Waals surface area contributed by atoms with E-state index in [1.165, 1.54) is 24.3 Å². The van der Waals surface area contributed by atoms with Crippen molar-refractivity contribution in [3.05, 3.63) is 87.1 Å². The van der Waals surface area contributed by atoms with Crippen molar-refractivity contribution in [3.63, 3.8) is 0 Å². The normalized spacial score (nSPS) is 14.9. The van der Waals surface area contributed by atoms with Gasteiger partial charge in [0.15, 0.2) is 12.4 Å². The molecule has 0 N–H and O–H groups in total. The number of carbonyl (C=O) groups is 4. The van der Waals surface area contributed by atoms with Crippen LogP contribution < -0.4 is 4.90 Å². The van der Waals surface area contributed by atoms with Crippen LogP contribution in [0.5, 0.6) is 0 Å². The van der Waals surface area contributed by atoms with Crippen LogP contribution in [0.1, 0.15) is 49.5 Å². The molecule has 2 amide bonds. The Bertz CT molecular complexity index is 1500. The molecule has 0 spiro atoms. The van der Waals surface area contributed by atoms with Crippen molar-refractivity contribution in [2.24, 2.45) is 0 Å². The number of rotatable bonds is 7. The van der Waals surface area contributed by atoms with Gasteiger partial charge in [-0.05, 0) is 80.4 Å². The van der Waals surface area contributed by atoms with E-state index < -0.39 is 29.6 Å². The number of nitrogens with zero attached hydrogens (tertiary/aromatic N) is 3. The molecule has 1 unspecified atom stereocenters. The quantitative estimate of drug-likeness (QED) is 0.230. The van der Waals surface area contributed by atoms with Crippen LogP contribution in [-0.4, -0.2) is 40.4 Å². The van der Waals surface area contributed by atoms with E-state index in [0.717, 1.165) is 33.5 Å². The van der Waals surface area contributed by atoms with Crippen molar-refractivity contribution < 1.29 is 23.9 Å². The molecule has 0 radical (unpaired) electrons. The molecule has 0 saturated carbocycles. The number of anilines is 1. The Labute approximate surface area is 228 Å². The van der Waals surface area contributed by atoms with E-state index in [4.69, 9.17) is 16.3 Å².